The number of benzene rings is 1. The summed E-state index contributed by atoms with van der Waals surface area (Å²) in [5.41, 5.74) is -0.789. The summed E-state index contributed by atoms with van der Waals surface area (Å²) in [5, 5.41) is 0. The van der Waals surface area contributed by atoms with Crippen molar-refractivity contribution in [3.8, 4) is 0 Å². The molecule has 1 aromatic rings. The second-order valence-corrected chi connectivity index (χ2v) is 4.71. The van der Waals surface area contributed by atoms with Gasteiger partial charge in [0.15, 0.2) is 0 Å². The SMILES string of the molecule is O=[S@@](CCCl)c1cccc(C(F)(F)F)c1. The molecule has 0 N–H and O–H groups in total. The van der Waals surface area contributed by atoms with Crippen LogP contribution in [-0.4, -0.2) is 15.8 Å². The normalized spacial score (nSPS) is 13.9. The van der Waals surface area contributed by atoms with E-state index in [0.29, 0.717) is 0 Å². The Labute approximate surface area is 92.7 Å². The first kappa shape index (κ1) is 12.5. The van der Waals surface area contributed by atoms with Crippen LogP contribution in [0.1, 0.15) is 5.56 Å². The lowest BCUT2D eigenvalue weighted by Gasteiger charge is -2.07. The Morgan fingerprint density at radius 3 is 2.53 bits per heavy atom. The first-order valence-corrected chi connectivity index (χ1v) is 5.92. The number of halogens is 4. The molecule has 0 spiro atoms. The molecule has 84 valence electrons. The summed E-state index contributed by atoms with van der Waals surface area (Å²) in [6.45, 7) is 0. The van der Waals surface area contributed by atoms with E-state index in [1.807, 2.05) is 0 Å². The molecule has 15 heavy (non-hydrogen) atoms. The lowest BCUT2D eigenvalue weighted by Crippen LogP contribution is -2.06. The highest BCUT2D eigenvalue weighted by Gasteiger charge is 2.30. The fourth-order valence-corrected chi connectivity index (χ4v) is 2.29. The third-order valence-electron chi connectivity index (χ3n) is 1.69. The minimum atomic E-state index is -4.40. The summed E-state index contributed by atoms with van der Waals surface area (Å²) >= 11 is 5.36. The van der Waals surface area contributed by atoms with E-state index in [9.17, 15) is 17.4 Å². The van der Waals surface area contributed by atoms with Crippen LogP contribution in [0.4, 0.5) is 13.2 Å². The quantitative estimate of drug-likeness (QED) is 0.760. The lowest BCUT2D eigenvalue weighted by atomic mass is 10.2. The minimum absolute atomic E-state index is 0.156. The molecule has 1 aromatic carbocycles. The Bertz CT molecular complexity index is 365. The molecule has 1 rings (SSSR count). The Morgan fingerprint density at radius 2 is 2.00 bits per heavy atom. The zero-order valence-electron chi connectivity index (χ0n) is 7.55. The molecule has 0 aliphatic rings. The summed E-state index contributed by atoms with van der Waals surface area (Å²) in [6.07, 6.45) is -4.40. The van der Waals surface area contributed by atoms with Crippen LogP contribution in [0.5, 0.6) is 0 Å². The van der Waals surface area contributed by atoms with Crippen molar-refractivity contribution in [1.82, 2.24) is 0 Å². The standard InChI is InChI=1S/C9H8ClF3OS/c10-4-5-15(14)8-3-1-2-7(6-8)9(11,12)13/h1-3,6H,4-5H2/t15-/m0/s1. The second kappa shape index (κ2) is 4.99. The number of hydrogen-bond donors (Lipinski definition) is 0. The maximum atomic E-state index is 12.3. The lowest BCUT2D eigenvalue weighted by molar-refractivity contribution is -0.137. The monoisotopic (exact) mass is 256 g/mol. The molecule has 0 saturated carbocycles. The van der Waals surface area contributed by atoms with Gasteiger partial charge in [-0.05, 0) is 18.2 Å². The van der Waals surface area contributed by atoms with Crippen molar-refractivity contribution < 1.29 is 17.4 Å². The zero-order chi connectivity index (χ0) is 11.5. The summed E-state index contributed by atoms with van der Waals surface area (Å²) in [6, 6.07) is 4.48. The van der Waals surface area contributed by atoms with Crippen LogP contribution in [0.2, 0.25) is 0 Å². The zero-order valence-corrected chi connectivity index (χ0v) is 9.12. The fourth-order valence-electron chi connectivity index (χ4n) is 1.00. The molecule has 1 nitrogen and oxygen atoms in total. The molecule has 0 amide bonds. The highest BCUT2D eigenvalue weighted by atomic mass is 35.5. The molecular formula is C9H8ClF3OS. The highest BCUT2D eigenvalue weighted by Crippen LogP contribution is 2.30. The van der Waals surface area contributed by atoms with E-state index in [1.165, 1.54) is 12.1 Å². The van der Waals surface area contributed by atoms with Crippen molar-refractivity contribution in [2.24, 2.45) is 0 Å². The first-order valence-electron chi connectivity index (χ1n) is 4.07. The summed E-state index contributed by atoms with van der Waals surface area (Å²) in [7, 11) is -1.46. The molecule has 0 saturated heterocycles. The molecule has 0 aliphatic carbocycles. The average Bonchev–Trinajstić information content (AvgIpc) is 2.17. The Kier molecular flexibility index (Phi) is 4.16. The van der Waals surface area contributed by atoms with E-state index in [0.717, 1.165) is 12.1 Å². The Morgan fingerprint density at radius 1 is 1.33 bits per heavy atom. The molecule has 0 aliphatic heterocycles. The number of hydrogen-bond acceptors (Lipinski definition) is 1. The van der Waals surface area contributed by atoms with Crippen molar-refractivity contribution in [1.29, 1.82) is 0 Å². The smallest absolute Gasteiger partial charge is 0.254 e. The van der Waals surface area contributed by atoms with Crippen molar-refractivity contribution in [3.63, 3.8) is 0 Å². The van der Waals surface area contributed by atoms with Gasteiger partial charge in [0.2, 0.25) is 0 Å². The largest absolute Gasteiger partial charge is 0.416 e. The minimum Gasteiger partial charge on any atom is -0.254 e. The highest BCUT2D eigenvalue weighted by molar-refractivity contribution is 7.85. The van der Waals surface area contributed by atoms with Gasteiger partial charge < -0.3 is 0 Å². The van der Waals surface area contributed by atoms with E-state index in [1.54, 1.807) is 0 Å². The molecule has 0 aromatic heterocycles. The van der Waals surface area contributed by atoms with Gasteiger partial charge in [0, 0.05) is 16.5 Å². The molecule has 1 atom stereocenters. The van der Waals surface area contributed by atoms with Gasteiger partial charge in [0.05, 0.1) is 16.4 Å². The van der Waals surface area contributed by atoms with Gasteiger partial charge in [-0.15, -0.1) is 11.6 Å². The van der Waals surface area contributed by atoms with Crippen molar-refractivity contribution in [2.75, 3.05) is 11.6 Å². The molecule has 0 radical (unpaired) electrons. The predicted octanol–water partition coefficient (Wildman–Crippen LogP) is 3.05. The van der Waals surface area contributed by atoms with E-state index < -0.39 is 22.5 Å². The van der Waals surface area contributed by atoms with Crippen LogP contribution in [0.3, 0.4) is 0 Å². The topological polar surface area (TPSA) is 17.1 Å². The van der Waals surface area contributed by atoms with Gasteiger partial charge >= 0.3 is 6.18 Å². The summed E-state index contributed by atoms with van der Waals surface area (Å²) in [4.78, 5) is 0.158. The third-order valence-corrected chi connectivity index (χ3v) is 3.45. The van der Waals surface area contributed by atoms with Crippen molar-refractivity contribution in [2.45, 2.75) is 11.1 Å². The van der Waals surface area contributed by atoms with Gasteiger partial charge in [-0.25, -0.2) is 0 Å². The second-order valence-electron chi connectivity index (χ2n) is 2.76. The van der Waals surface area contributed by atoms with Gasteiger partial charge in [-0.2, -0.15) is 13.2 Å². The van der Waals surface area contributed by atoms with Crippen LogP contribution < -0.4 is 0 Å². The summed E-state index contributed by atoms with van der Waals surface area (Å²) < 4.78 is 48.3. The van der Waals surface area contributed by atoms with Gasteiger partial charge in [0.25, 0.3) is 0 Å². The van der Waals surface area contributed by atoms with Gasteiger partial charge in [-0.1, -0.05) is 6.07 Å². The number of rotatable bonds is 3. The maximum absolute atomic E-state index is 12.3. The fraction of sp³-hybridized carbons (Fsp3) is 0.333. The van der Waals surface area contributed by atoms with E-state index >= 15 is 0 Å². The maximum Gasteiger partial charge on any atom is 0.416 e. The van der Waals surface area contributed by atoms with Crippen molar-refractivity contribution >= 4 is 22.4 Å². The Hall–Kier alpha value is -0.550. The van der Waals surface area contributed by atoms with Gasteiger partial charge in [-0.3, -0.25) is 4.21 Å². The predicted molar refractivity (Wildman–Crippen MR) is 53.4 cm³/mol. The van der Waals surface area contributed by atoms with Crippen LogP contribution >= 0.6 is 11.6 Å². The van der Waals surface area contributed by atoms with Crippen molar-refractivity contribution in [3.05, 3.63) is 29.8 Å². The molecule has 6 heteroatoms. The van der Waals surface area contributed by atoms with E-state index in [-0.39, 0.29) is 16.5 Å². The molecule has 0 bridgehead atoms. The van der Waals surface area contributed by atoms with Crippen LogP contribution in [-0.2, 0) is 17.0 Å². The molecule has 0 fully saturated rings. The average molecular weight is 257 g/mol. The van der Waals surface area contributed by atoms with Crippen LogP contribution in [0.25, 0.3) is 0 Å². The van der Waals surface area contributed by atoms with Crippen LogP contribution in [0, 0.1) is 0 Å². The molecule has 0 unspecified atom stereocenters. The van der Waals surface area contributed by atoms with Crippen LogP contribution in [0.15, 0.2) is 29.2 Å². The Balaban J connectivity index is 2.98. The molecular weight excluding hydrogens is 249 g/mol. The number of alkyl halides is 4. The third kappa shape index (κ3) is 3.50. The first-order chi connectivity index (χ1) is 6.95. The van der Waals surface area contributed by atoms with Gasteiger partial charge in [0.1, 0.15) is 0 Å². The van der Waals surface area contributed by atoms with E-state index in [2.05, 4.69) is 0 Å². The summed E-state index contributed by atoms with van der Waals surface area (Å²) in [5.74, 6) is 0.311. The molecule has 0 heterocycles. The van der Waals surface area contributed by atoms with E-state index in [4.69, 9.17) is 11.6 Å².